The molecule has 3 aliphatic heterocycles. The summed E-state index contributed by atoms with van der Waals surface area (Å²) in [6, 6.07) is 5.43. The van der Waals surface area contributed by atoms with Gasteiger partial charge in [-0.15, -0.1) is 0 Å². The second kappa shape index (κ2) is 6.77. The number of pyridine rings is 1. The highest BCUT2D eigenvalue weighted by Crippen LogP contribution is 2.63. The van der Waals surface area contributed by atoms with E-state index in [1.807, 2.05) is 18.3 Å². The lowest BCUT2D eigenvalue weighted by molar-refractivity contribution is 0.0227. The Morgan fingerprint density at radius 1 is 1.26 bits per heavy atom. The summed E-state index contributed by atoms with van der Waals surface area (Å²) < 4.78 is 0. The number of aromatic nitrogens is 1. The van der Waals surface area contributed by atoms with Crippen molar-refractivity contribution in [2.75, 3.05) is 31.6 Å². The molecular weight excluding hydrogens is 336 g/mol. The summed E-state index contributed by atoms with van der Waals surface area (Å²) in [4.78, 5) is 21.2. The summed E-state index contributed by atoms with van der Waals surface area (Å²) in [6.45, 7) is 10.8. The van der Waals surface area contributed by atoms with Crippen molar-refractivity contribution in [2.24, 2.45) is 10.8 Å². The van der Waals surface area contributed by atoms with Gasteiger partial charge in [-0.25, -0.2) is 4.98 Å². The molecule has 1 amide bonds. The van der Waals surface area contributed by atoms with Gasteiger partial charge in [0.25, 0.3) is 5.91 Å². The zero-order chi connectivity index (χ0) is 19.2. The van der Waals surface area contributed by atoms with Gasteiger partial charge in [0, 0.05) is 38.8 Å². The SMILES string of the molecule is CCC(C)(C)C12CC(C1)N(C1CCN(c3ccc(C(=O)NC)nc3)CC1)C2. The Bertz CT molecular complexity index is 685. The number of rotatable bonds is 5. The number of carbonyl (C=O) groups excluding carboxylic acids is 1. The second-order valence-electron chi connectivity index (χ2n) is 9.45. The second-order valence-corrected chi connectivity index (χ2v) is 9.45. The Labute approximate surface area is 163 Å². The van der Waals surface area contributed by atoms with Crippen LogP contribution in [0.3, 0.4) is 0 Å². The van der Waals surface area contributed by atoms with Crippen LogP contribution in [0.15, 0.2) is 18.3 Å². The predicted molar refractivity (Wildman–Crippen MR) is 109 cm³/mol. The molecule has 1 aromatic heterocycles. The average molecular weight is 371 g/mol. The van der Waals surface area contributed by atoms with Crippen molar-refractivity contribution in [3.05, 3.63) is 24.0 Å². The van der Waals surface area contributed by atoms with Crippen molar-refractivity contribution in [3.63, 3.8) is 0 Å². The van der Waals surface area contributed by atoms with Gasteiger partial charge in [-0.1, -0.05) is 27.2 Å². The molecule has 4 fully saturated rings. The highest BCUT2D eigenvalue weighted by atomic mass is 16.1. The Balaban J connectivity index is 1.34. The van der Waals surface area contributed by atoms with Gasteiger partial charge in [-0.05, 0) is 48.6 Å². The Kier molecular flexibility index (Phi) is 4.69. The van der Waals surface area contributed by atoms with Gasteiger partial charge >= 0.3 is 0 Å². The molecule has 1 aliphatic carbocycles. The number of fused-ring (bicyclic) bond motifs is 1. The molecule has 1 aromatic rings. The van der Waals surface area contributed by atoms with E-state index in [2.05, 4.69) is 40.9 Å². The van der Waals surface area contributed by atoms with Crippen molar-refractivity contribution in [2.45, 2.75) is 65.0 Å². The van der Waals surface area contributed by atoms with Gasteiger partial charge in [0.15, 0.2) is 0 Å². The molecule has 0 radical (unpaired) electrons. The van der Waals surface area contributed by atoms with E-state index in [0.29, 0.717) is 16.5 Å². The predicted octanol–water partition coefficient (Wildman–Crippen LogP) is 3.31. The Morgan fingerprint density at radius 2 is 1.96 bits per heavy atom. The van der Waals surface area contributed by atoms with E-state index >= 15 is 0 Å². The number of hydrogen-bond acceptors (Lipinski definition) is 4. The minimum atomic E-state index is -0.128. The third-order valence-electron chi connectivity index (χ3n) is 8.03. The molecule has 0 aromatic carbocycles. The first kappa shape index (κ1) is 18.7. The van der Waals surface area contributed by atoms with Crippen molar-refractivity contribution >= 4 is 11.6 Å². The van der Waals surface area contributed by atoms with E-state index in [4.69, 9.17) is 0 Å². The van der Waals surface area contributed by atoms with Crippen LogP contribution in [0, 0.1) is 10.8 Å². The number of anilines is 1. The molecule has 148 valence electrons. The van der Waals surface area contributed by atoms with Gasteiger partial charge in [-0.2, -0.15) is 0 Å². The highest BCUT2D eigenvalue weighted by molar-refractivity contribution is 5.92. The number of hydrogen-bond donors (Lipinski definition) is 1. The summed E-state index contributed by atoms with van der Waals surface area (Å²) in [7, 11) is 1.64. The molecule has 4 heterocycles. The first-order valence-electron chi connectivity index (χ1n) is 10.6. The Morgan fingerprint density at radius 3 is 2.52 bits per heavy atom. The molecular formula is C22H34N4O. The third kappa shape index (κ3) is 3.04. The maximum Gasteiger partial charge on any atom is 0.269 e. The van der Waals surface area contributed by atoms with Crippen molar-refractivity contribution in [1.29, 1.82) is 0 Å². The summed E-state index contributed by atoms with van der Waals surface area (Å²) in [5.74, 6) is -0.128. The van der Waals surface area contributed by atoms with Crippen LogP contribution >= 0.6 is 0 Å². The lowest BCUT2D eigenvalue weighted by Gasteiger charge is -2.49. The summed E-state index contributed by atoms with van der Waals surface area (Å²) in [5, 5.41) is 2.62. The van der Waals surface area contributed by atoms with E-state index < -0.39 is 0 Å². The van der Waals surface area contributed by atoms with E-state index in [-0.39, 0.29) is 5.91 Å². The summed E-state index contributed by atoms with van der Waals surface area (Å²) >= 11 is 0. The summed E-state index contributed by atoms with van der Waals surface area (Å²) in [6.07, 6.45) is 8.42. The van der Waals surface area contributed by atoms with Gasteiger partial charge in [0.1, 0.15) is 5.69 Å². The van der Waals surface area contributed by atoms with Gasteiger partial charge in [-0.3, -0.25) is 9.69 Å². The minimum Gasteiger partial charge on any atom is -0.370 e. The average Bonchev–Trinajstić information content (AvgIpc) is 3.25. The molecule has 27 heavy (non-hydrogen) atoms. The fourth-order valence-electron chi connectivity index (χ4n) is 5.54. The van der Waals surface area contributed by atoms with Crippen molar-refractivity contribution in [3.8, 4) is 0 Å². The molecule has 3 saturated heterocycles. The molecule has 5 heteroatoms. The van der Waals surface area contributed by atoms with E-state index in [1.54, 1.807) is 7.05 Å². The van der Waals surface area contributed by atoms with Crippen LogP contribution in [-0.4, -0.2) is 54.6 Å². The first-order chi connectivity index (χ1) is 12.9. The maximum atomic E-state index is 11.7. The number of carbonyl (C=O) groups is 1. The number of nitrogens with one attached hydrogen (secondary N) is 1. The number of amides is 1. The molecule has 1 saturated carbocycles. The smallest absolute Gasteiger partial charge is 0.269 e. The molecule has 0 spiro atoms. The van der Waals surface area contributed by atoms with E-state index in [0.717, 1.165) is 30.9 Å². The van der Waals surface area contributed by atoms with Crippen LogP contribution in [0.1, 0.15) is 63.4 Å². The molecule has 4 aliphatic rings. The fourth-order valence-corrected chi connectivity index (χ4v) is 5.54. The lowest BCUT2D eigenvalue weighted by Crippen LogP contribution is -2.47. The number of piperidine rings is 1. The van der Waals surface area contributed by atoms with Crippen LogP contribution in [0.4, 0.5) is 5.69 Å². The lowest BCUT2D eigenvalue weighted by atomic mass is 9.54. The van der Waals surface area contributed by atoms with Crippen LogP contribution in [-0.2, 0) is 0 Å². The normalized spacial score (nSPS) is 28.9. The minimum absolute atomic E-state index is 0.128. The molecule has 5 rings (SSSR count). The van der Waals surface area contributed by atoms with E-state index in [9.17, 15) is 4.79 Å². The van der Waals surface area contributed by atoms with Gasteiger partial charge in [0.05, 0.1) is 11.9 Å². The van der Waals surface area contributed by atoms with Crippen molar-refractivity contribution in [1.82, 2.24) is 15.2 Å². The quantitative estimate of drug-likeness (QED) is 0.864. The van der Waals surface area contributed by atoms with Gasteiger partial charge in [0.2, 0.25) is 0 Å². The molecule has 1 N–H and O–H groups in total. The number of nitrogens with zero attached hydrogens (tertiary/aromatic N) is 3. The van der Waals surface area contributed by atoms with Crippen LogP contribution < -0.4 is 10.2 Å². The Hall–Kier alpha value is -1.62. The van der Waals surface area contributed by atoms with E-state index in [1.165, 1.54) is 38.6 Å². The van der Waals surface area contributed by atoms with Gasteiger partial charge < -0.3 is 10.2 Å². The maximum absolute atomic E-state index is 11.7. The molecule has 0 unspecified atom stereocenters. The van der Waals surface area contributed by atoms with Crippen LogP contribution in [0.25, 0.3) is 0 Å². The zero-order valence-electron chi connectivity index (χ0n) is 17.3. The van der Waals surface area contributed by atoms with Crippen LogP contribution in [0.5, 0.6) is 0 Å². The monoisotopic (exact) mass is 370 g/mol. The highest BCUT2D eigenvalue weighted by Gasteiger charge is 2.62. The van der Waals surface area contributed by atoms with Crippen LogP contribution in [0.2, 0.25) is 0 Å². The standard InChI is InChI=1S/C22H34N4O/c1-5-21(2,3)22-12-18(13-22)26(15-22)16-8-10-25(11-9-16)17-6-7-19(24-14-17)20(27)23-4/h6-7,14,16,18H,5,8-13,15H2,1-4H3,(H,23,27). The molecule has 2 bridgehead atoms. The largest absolute Gasteiger partial charge is 0.370 e. The zero-order valence-corrected chi connectivity index (χ0v) is 17.3. The fraction of sp³-hybridized carbons (Fsp3) is 0.727. The summed E-state index contributed by atoms with van der Waals surface area (Å²) in [5.41, 5.74) is 2.66. The first-order valence-corrected chi connectivity index (χ1v) is 10.6. The molecule has 5 nitrogen and oxygen atoms in total. The van der Waals surface area contributed by atoms with Crippen molar-refractivity contribution < 1.29 is 4.79 Å². The topological polar surface area (TPSA) is 48.5 Å². The molecule has 0 atom stereocenters. The third-order valence-corrected chi connectivity index (χ3v) is 8.03.